The number of hydrogen-bond acceptors (Lipinski definition) is 4. The second kappa shape index (κ2) is 8.81. The average molecular weight is 398 g/mol. The number of carbonyl (C=O) groups is 3. The van der Waals surface area contributed by atoms with Crippen LogP contribution in [-0.4, -0.2) is 36.1 Å². The number of para-hydroxylation sites is 1. The first kappa shape index (κ1) is 20.6. The van der Waals surface area contributed by atoms with Crippen molar-refractivity contribution in [2.24, 2.45) is 0 Å². The van der Waals surface area contributed by atoms with Gasteiger partial charge >= 0.3 is 6.18 Å². The van der Waals surface area contributed by atoms with Crippen molar-refractivity contribution in [3.05, 3.63) is 52.2 Å². The van der Waals surface area contributed by atoms with Crippen LogP contribution in [0.2, 0.25) is 0 Å². The summed E-state index contributed by atoms with van der Waals surface area (Å²) in [4.78, 5) is 37.5. The van der Waals surface area contributed by atoms with Gasteiger partial charge in [-0.3, -0.25) is 14.4 Å². The Morgan fingerprint density at radius 2 is 1.78 bits per heavy atom. The molecule has 0 unspecified atom stereocenters. The number of anilines is 1. The summed E-state index contributed by atoms with van der Waals surface area (Å²) in [5.74, 6) is -1.37. The van der Waals surface area contributed by atoms with Crippen LogP contribution < -0.4 is 5.32 Å². The Labute approximate surface area is 157 Å². The largest absolute Gasteiger partial charge is 0.418 e. The van der Waals surface area contributed by atoms with Crippen LogP contribution in [0.1, 0.15) is 28.1 Å². The summed E-state index contributed by atoms with van der Waals surface area (Å²) < 4.78 is 38.8. The summed E-state index contributed by atoms with van der Waals surface area (Å²) in [7, 11) is 1.35. The topological polar surface area (TPSA) is 66.5 Å². The monoisotopic (exact) mass is 398 g/mol. The quantitative estimate of drug-likeness (QED) is 0.721. The number of alkyl halides is 3. The van der Waals surface area contributed by atoms with E-state index < -0.39 is 30.1 Å². The molecule has 5 nitrogen and oxygen atoms in total. The molecule has 0 fully saturated rings. The third kappa shape index (κ3) is 5.92. The number of carbonyl (C=O) groups excluding carboxylic acids is 3. The Kier molecular flexibility index (Phi) is 6.73. The van der Waals surface area contributed by atoms with Crippen molar-refractivity contribution in [1.82, 2.24) is 4.90 Å². The van der Waals surface area contributed by atoms with Crippen molar-refractivity contribution in [3.63, 3.8) is 0 Å². The van der Waals surface area contributed by atoms with Crippen LogP contribution >= 0.6 is 11.3 Å². The van der Waals surface area contributed by atoms with Crippen LogP contribution in [0.4, 0.5) is 18.9 Å². The first-order chi connectivity index (χ1) is 12.7. The number of ketones is 1. The van der Waals surface area contributed by atoms with Gasteiger partial charge < -0.3 is 10.2 Å². The van der Waals surface area contributed by atoms with Crippen molar-refractivity contribution in [2.45, 2.75) is 19.0 Å². The van der Waals surface area contributed by atoms with Crippen molar-refractivity contribution in [3.8, 4) is 0 Å². The lowest BCUT2D eigenvalue weighted by atomic mass is 10.1. The van der Waals surface area contributed by atoms with Crippen molar-refractivity contribution >= 4 is 34.6 Å². The maximum absolute atomic E-state index is 12.9. The highest BCUT2D eigenvalue weighted by Gasteiger charge is 2.33. The molecule has 1 N–H and O–H groups in total. The molecule has 0 saturated carbocycles. The Bertz CT molecular complexity index is 820. The Hall–Kier alpha value is -2.68. The van der Waals surface area contributed by atoms with E-state index in [1.165, 1.54) is 30.5 Å². The first-order valence-corrected chi connectivity index (χ1v) is 8.83. The summed E-state index contributed by atoms with van der Waals surface area (Å²) in [5.41, 5.74) is -1.34. The average Bonchev–Trinajstić information content (AvgIpc) is 3.13. The fraction of sp³-hybridized carbons (Fsp3) is 0.278. The van der Waals surface area contributed by atoms with Gasteiger partial charge in [0.15, 0.2) is 5.78 Å². The van der Waals surface area contributed by atoms with Crippen LogP contribution in [0.25, 0.3) is 0 Å². The third-order valence-electron chi connectivity index (χ3n) is 3.68. The summed E-state index contributed by atoms with van der Waals surface area (Å²) in [6.07, 6.45) is -4.68. The third-order valence-corrected chi connectivity index (χ3v) is 4.59. The summed E-state index contributed by atoms with van der Waals surface area (Å²) in [6.45, 7) is -0.418. The molecule has 2 rings (SSSR count). The van der Waals surface area contributed by atoms with E-state index in [0.717, 1.165) is 17.0 Å². The normalized spacial score (nSPS) is 11.1. The number of thiophene rings is 1. The van der Waals surface area contributed by atoms with Crippen LogP contribution in [0.3, 0.4) is 0 Å². The van der Waals surface area contributed by atoms with Gasteiger partial charge in [0, 0.05) is 19.9 Å². The van der Waals surface area contributed by atoms with Gasteiger partial charge in [-0.05, 0) is 23.6 Å². The van der Waals surface area contributed by atoms with Gasteiger partial charge in [0.05, 0.1) is 22.7 Å². The second-order valence-electron chi connectivity index (χ2n) is 5.74. The Balaban J connectivity index is 1.88. The molecule has 1 heterocycles. The minimum atomic E-state index is -4.60. The molecule has 0 aliphatic carbocycles. The fourth-order valence-electron chi connectivity index (χ4n) is 2.30. The smallest absolute Gasteiger partial charge is 0.336 e. The highest BCUT2D eigenvalue weighted by atomic mass is 32.1. The number of likely N-dealkylation sites (N-methyl/N-ethyl adjacent to an activating group) is 1. The molecule has 0 saturated heterocycles. The van der Waals surface area contributed by atoms with E-state index in [4.69, 9.17) is 0 Å². The highest BCUT2D eigenvalue weighted by Crippen LogP contribution is 2.34. The number of halogens is 3. The fourth-order valence-corrected chi connectivity index (χ4v) is 3.00. The van der Waals surface area contributed by atoms with Crippen LogP contribution in [0, 0.1) is 0 Å². The van der Waals surface area contributed by atoms with E-state index in [2.05, 4.69) is 5.32 Å². The molecule has 2 aromatic rings. The molecule has 0 bridgehead atoms. The first-order valence-electron chi connectivity index (χ1n) is 7.95. The number of Topliss-reactive ketones (excluding diaryl/α,β-unsaturated/α-hetero) is 1. The molecule has 2 amide bonds. The van der Waals surface area contributed by atoms with E-state index in [1.54, 1.807) is 17.5 Å². The van der Waals surface area contributed by atoms with Gasteiger partial charge in [-0.2, -0.15) is 13.2 Å². The van der Waals surface area contributed by atoms with Crippen LogP contribution in [0.5, 0.6) is 0 Å². The molecule has 0 aliphatic heterocycles. The lowest BCUT2D eigenvalue weighted by Crippen LogP contribution is -2.35. The molecule has 9 heteroatoms. The standard InChI is InChI=1S/C18H17F3N2O3S/c1-23(17(26)9-8-14(24)15-7-4-10-27-15)11-16(25)22-13-6-3-2-5-12(13)18(19,20)21/h2-7,10H,8-9,11H2,1H3,(H,22,25). The zero-order valence-corrected chi connectivity index (χ0v) is 15.2. The Morgan fingerprint density at radius 3 is 2.41 bits per heavy atom. The maximum atomic E-state index is 12.9. The zero-order chi connectivity index (χ0) is 20.0. The van der Waals surface area contributed by atoms with Crippen molar-refractivity contribution in [2.75, 3.05) is 18.9 Å². The van der Waals surface area contributed by atoms with Crippen molar-refractivity contribution in [1.29, 1.82) is 0 Å². The number of nitrogens with one attached hydrogen (secondary N) is 1. The molecule has 144 valence electrons. The number of amides is 2. The number of nitrogens with zero attached hydrogens (tertiary/aromatic N) is 1. The molecular formula is C18H17F3N2O3S. The molecule has 0 atom stereocenters. The lowest BCUT2D eigenvalue weighted by molar-refractivity contribution is -0.137. The van der Waals surface area contributed by atoms with E-state index in [0.29, 0.717) is 4.88 Å². The van der Waals surface area contributed by atoms with E-state index in [-0.39, 0.29) is 24.3 Å². The maximum Gasteiger partial charge on any atom is 0.418 e. The van der Waals surface area contributed by atoms with Gasteiger partial charge in [0.2, 0.25) is 11.8 Å². The number of hydrogen-bond donors (Lipinski definition) is 1. The number of benzene rings is 1. The van der Waals surface area contributed by atoms with Crippen molar-refractivity contribution < 1.29 is 27.6 Å². The van der Waals surface area contributed by atoms with Gasteiger partial charge in [-0.1, -0.05) is 18.2 Å². The lowest BCUT2D eigenvalue weighted by Gasteiger charge is -2.18. The van der Waals surface area contributed by atoms with E-state index in [1.807, 2.05) is 0 Å². The molecule has 0 spiro atoms. The summed E-state index contributed by atoms with van der Waals surface area (Å²) >= 11 is 1.28. The molecule has 1 aromatic heterocycles. The molecule has 27 heavy (non-hydrogen) atoms. The van der Waals surface area contributed by atoms with Gasteiger partial charge in [-0.15, -0.1) is 11.3 Å². The zero-order valence-electron chi connectivity index (χ0n) is 14.4. The van der Waals surface area contributed by atoms with Gasteiger partial charge in [0.25, 0.3) is 0 Å². The molecular weight excluding hydrogens is 381 g/mol. The molecule has 0 radical (unpaired) electrons. The van der Waals surface area contributed by atoms with Crippen LogP contribution in [-0.2, 0) is 15.8 Å². The van der Waals surface area contributed by atoms with Crippen LogP contribution in [0.15, 0.2) is 41.8 Å². The summed E-state index contributed by atoms with van der Waals surface area (Å²) in [5, 5.41) is 3.93. The summed E-state index contributed by atoms with van der Waals surface area (Å²) in [6, 6.07) is 7.99. The highest BCUT2D eigenvalue weighted by molar-refractivity contribution is 7.12. The minimum Gasteiger partial charge on any atom is -0.336 e. The molecule has 0 aliphatic rings. The predicted molar refractivity (Wildman–Crippen MR) is 95.6 cm³/mol. The number of rotatable bonds is 7. The SMILES string of the molecule is CN(CC(=O)Nc1ccccc1C(F)(F)F)C(=O)CCC(=O)c1cccs1. The van der Waals surface area contributed by atoms with E-state index in [9.17, 15) is 27.6 Å². The second-order valence-corrected chi connectivity index (χ2v) is 6.69. The van der Waals surface area contributed by atoms with Gasteiger partial charge in [-0.25, -0.2) is 0 Å². The Morgan fingerprint density at radius 1 is 1.07 bits per heavy atom. The predicted octanol–water partition coefficient (Wildman–Crippen LogP) is 3.83. The minimum absolute atomic E-state index is 0.00220. The van der Waals surface area contributed by atoms with E-state index >= 15 is 0 Å². The molecule has 1 aromatic carbocycles. The van der Waals surface area contributed by atoms with Gasteiger partial charge in [0.1, 0.15) is 0 Å².